The van der Waals surface area contributed by atoms with E-state index in [2.05, 4.69) is 72.6 Å². The molecule has 0 bridgehead atoms. The third-order valence-corrected chi connectivity index (χ3v) is 6.50. The Morgan fingerprint density at radius 2 is 1.86 bits per heavy atom. The van der Waals surface area contributed by atoms with Gasteiger partial charge in [-0.05, 0) is 30.8 Å². The summed E-state index contributed by atoms with van der Waals surface area (Å²) in [5.41, 5.74) is 0.0705. The summed E-state index contributed by atoms with van der Waals surface area (Å²) in [6.45, 7) is 21.0. The topological polar surface area (TPSA) is 42.9 Å². The number of hydrogen-bond acceptors (Lipinski definition) is 4. The predicted molar refractivity (Wildman–Crippen MR) is 134 cm³/mol. The van der Waals surface area contributed by atoms with E-state index < -0.39 is 0 Å². The second kappa shape index (κ2) is 13.0. The molecule has 1 aliphatic rings. The highest BCUT2D eigenvalue weighted by molar-refractivity contribution is 14.0. The summed E-state index contributed by atoms with van der Waals surface area (Å²) < 4.78 is 0. The molecule has 1 unspecified atom stereocenters. The molecule has 0 amide bonds. The molecule has 0 aromatic carbocycles. The van der Waals surface area contributed by atoms with Crippen LogP contribution in [0.5, 0.6) is 0 Å². The van der Waals surface area contributed by atoms with E-state index >= 15 is 0 Å². The minimum Gasteiger partial charge on any atom is -0.357 e. The smallest absolute Gasteiger partial charge is 0.191 e. The number of halogens is 1. The first-order valence-electron chi connectivity index (χ1n) is 10.5. The Morgan fingerprint density at radius 3 is 2.43 bits per heavy atom. The van der Waals surface area contributed by atoms with Crippen molar-refractivity contribution in [2.24, 2.45) is 10.9 Å². The van der Waals surface area contributed by atoms with Crippen molar-refractivity contribution >= 4 is 41.3 Å². The number of likely N-dealkylation sites (N-methyl/N-ethyl adjacent to an activating group) is 1. The first kappa shape index (κ1) is 25.7. The van der Waals surface area contributed by atoms with Gasteiger partial charge < -0.3 is 20.4 Å². The van der Waals surface area contributed by atoms with Crippen molar-refractivity contribution in [3.8, 4) is 0 Å². The zero-order valence-corrected chi connectivity index (χ0v) is 21.5. The lowest BCUT2D eigenvalue weighted by atomic mass is 9.92. The minimum absolute atomic E-state index is 0. The van der Waals surface area contributed by atoms with E-state index in [9.17, 15) is 0 Å². The summed E-state index contributed by atoms with van der Waals surface area (Å²) in [5, 5.41) is 9.09. The van der Waals surface area contributed by atoms with Gasteiger partial charge in [-0.2, -0.15) is 0 Å². The molecule has 7 heteroatoms. The molecule has 0 aliphatic carbocycles. The van der Waals surface area contributed by atoms with Crippen LogP contribution in [0.1, 0.15) is 39.5 Å². The molecule has 0 radical (unpaired) electrons. The van der Waals surface area contributed by atoms with Crippen molar-refractivity contribution < 1.29 is 0 Å². The summed E-state index contributed by atoms with van der Waals surface area (Å²) >= 11 is 1.82. The predicted octanol–water partition coefficient (Wildman–Crippen LogP) is 3.47. The number of piperazine rings is 1. The van der Waals surface area contributed by atoms with Crippen molar-refractivity contribution in [3.63, 3.8) is 0 Å². The number of hydrogen-bond donors (Lipinski definition) is 2. The molecule has 1 aliphatic heterocycles. The van der Waals surface area contributed by atoms with E-state index in [0.29, 0.717) is 5.92 Å². The maximum atomic E-state index is 4.86. The zero-order chi connectivity index (χ0) is 19.7. The molecule has 162 valence electrons. The third kappa shape index (κ3) is 8.55. The van der Waals surface area contributed by atoms with E-state index in [1.54, 1.807) is 0 Å². The van der Waals surface area contributed by atoms with E-state index in [0.717, 1.165) is 32.1 Å². The van der Waals surface area contributed by atoms with Gasteiger partial charge in [0.2, 0.25) is 0 Å². The number of nitrogens with zero attached hydrogens (tertiary/aromatic N) is 3. The van der Waals surface area contributed by atoms with Crippen LogP contribution in [0.2, 0.25) is 0 Å². The van der Waals surface area contributed by atoms with E-state index in [1.807, 2.05) is 11.3 Å². The second-order valence-electron chi connectivity index (χ2n) is 8.28. The number of aliphatic imine (C=N–C) groups is 1. The fraction of sp³-hybridized carbons (Fsp3) is 0.762. The zero-order valence-electron chi connectivity index (χ0n) is 18.3. The Labute approximate surface area is 193 Å². The Hall–Kier alpha value is -0.380. The van der Waals surface area contributed by atoms with E-state index in [4.69, 9.17) is 4.99 Å². The van der Waals surface area contributed by atoms with Crippen LogP contribution in [0.15, 0.2) is 22.5 Å². The number of rotatable bonds is 9. The molecule has 1 saturated heterocycles. The van der Waals surface area contributed by atoms with Crippen molar-refractivity contribution in [2.75, 3.05) is 58.9 Å². The molecule has 1 aromatic heterocycles. The quantitative estimate of drug-likeness (QED) is 0.297. The van der Waals surface area contributed by atoms with Gasteiger partial charge in [0.05, 0.1) is 6.54 Å². The van der Waals surface area contributed by atoms with Crippen LogP contribution < -0.4 is 10.6 Å². The molecule has 0 spiro atoms. The molecule has 0 saturated carbocycles. The minimum atomic E-state index is 0. The first-order valence-corrected chi connectivity index (χ1v) is 11.3. The Bertz CT molecular complexity index is 553. The normalized spacial score (nSPS) is 17.8. The summed E-state index contributed by atoms with van der Waals surface area (Å²) in [5.74, 6) is 1.54. The fourth-order valence-corrected chi connectivity index (χ4v) is 4.27. The lowest BCUT2D eigenvalue weighted by Gasteiger charge is -2.35. The SMILES string of the molecule is CCNC(=NCC(C)(C)c1cccs1)NCC(C)CN1CCN(CC)CC1.I. The van der Waals surface area contributed by atoms with Crippen LogP contribution in [0.3, 0.4) is 0 Å². The van der Waals surface area contributed by atoms with Gasteiger partial charge in [-0.15, -0.1) is 35.3 Å². The van der Waals surface area contributed by atoms with Crippen molar-refractivity contribution in [3.05, 3.63) is 22.4 Å². The van der Waals surface area contributed by atoms with Gasteiger partial charge in [0.25, 0.3) is 0 Å². The van der Waals surface area contributed by atoms with Crippen LogP contribution in [0.4, 0.5) is 0 Å². The van der Waals surface area contributed by atoms with Crippen LogP contribution in [-0.2, 0) is 5.41 Å². The van der Waals surface area contributed by atoms with Crippen molar-refractivity contribution in [1.82, 2.24) is 20.4 Å². The van der Waals surface area contributed by atoms with Gasteiger partial charge in [0, 0.05) is 56.1 Å². The molecular formula is C21H40IN5S. The Morgan fingerprint density at radius 1 is 1.18 bits per heavy atom. The molecular weight excluding hydrogens is 481 g/mol. The summed E-state index contributed by atoms with van der Waals surface area (Å²) in [6, 6.07) is 4.33. The van der Waals surface area contributed by atoms with Crippen LogP contribution in [0.25, 0.3) is 0 Å². The maximum absolute atomic E-state index is 4.86. The molecule has 1 aromatic rings. The number of guanidine groups is 1. The molecule has 1 atom stereocenters. The molecule has 28 heavy (non-hydrogen) atoms. The molecule has 1 fully saturated rings. The average Bonchev–Trinajstić information content (AvgIpc) is 3.20. The van der Waals surface area contributed by atoms with Gasteiger partial charge in [0.15, 0.2) is 5.96 Å². The molecule has 2 heterocycles. The molecule has 2 rings (SSSR count). The standard InChI is InChI=1S/C21H39N5S.HI/c1-6-22-20(24-17-21(4,5)19-9-8-14-27-19)23-15-18(3)16-26-12-10-25(7-2)11-13-26;/h8-9,14,18H,6-7,10-13,15-17H2,1-5H3,(H2,22,23,24);1H. The van der Waals surface area contributed by atoms with Gasteiger partial charge >= 0.3 is 0 Å². The number of thiophene rings is 1. The van der Waals surface area contributed by atoms with E-state index in [-0.39, 0.29) is 29.4 Å². The highest BCUT2D eigenvalue weighted by Gasteiger charge is 2.22. The van der Waals surface area contributed by atoms with Crippen LogP contribution in [-0.4, -0.2) is 74.7 Å². The average molecular weight is 522 g/mol. The fourth-order valence-electron chi connectivity index (χ4n) is 3.42. The van der Waals surface area contributed by atoms with Gasteiger partial charge in [-0.1, -0.05) is 33.8 Å². The highest BCUT2D eigenvalue weighted by atomic mass is 127. The van der Waals surface area contributed by atoms with Crippen LogP contribution >= 0.6 is 35.3 Å². The monoisotopic (exact) mass is 521 g/mol. The van der Waals surface area contributed by atoms with Gasteiger partial charge in [-0.25, -0.2) is 0 Å². The number of nitrogens with one attached hydrogen (secondary N) is 2. The Balaban J connectivity index is 0.00000392. The largest absolute Gasteiger partial charge is 0.357 e. The third-order valence-electron chi connectivity index (χ3n) is 5.26. The summed E-state index contributed by atoms with van der Waals surface area (Å²) in [4.78, 5) is 11.4. The summed E-state index contributed by atoms with van der Waals surface area (Å²) in [7, 11) is 0. The molecule has 2 N–H and O–H groups in total. The van der Waals surface area contributed by atoms with Crippen molar-refractivity contribution in [1.29, 1.82) is 0 Å². The first-order chi connectivity index (χ1) is 12.9. The maximum Gasteiger partial charge on any atom is 0.191 e. The van der Waals surface area contributed by atoms with Gasteiger partial charge in [-0.3, -0.25) is 4.99 Å². The summed E-state index contributed by atoms with van der Waals surface area (Å²) in [6.07, 6.45) is 0. The molecule has 5 nitrogen and oxygen atoms in total. The lowest BCUT2D eigenvalue weighted by molar-refractivity contribution is 0.124. The lowest BCUT2D eigenvalue weighted by Crippen LogP contribution is -2.48. The van der Waals surface area contributed by atoms with Gasteiger partial charge in [0.1, 0.15) is 0 Å². The highest BCUT2D eigenvalue weighted by Crippen LogP contribution is 2.27. The second-order valence-corrected chi connectivity index (χ2v) is 9.22. The van der Waals surface area contributed by atoms with Crippen molar-refractivity contribution in [2.45, 2.75) is 40.0 Å². The van der Waals surface area contributed by atoms with E-state index in [1.165, 1.54) is 37.6 Å². The van der Waals surface area contributed by atoms with Crippen LogP contribution in [0, 0.1) is 5.92 Å². The Kier molecular flexibility index (Phi) is 11.9.